The maximum Gasteiger partial charge on any atom is 0.0543 e. The number of nitrogens with zero attached hydrogens (tertiary/aromatic N) is 2. The van der Waals surface area contributed by atoms with Crippen LogP contribution in [0.15, 0.2) is 279 Å². The van der Waals surface area contributed by atoms with Gasteiger partial charge in [0.2, 0.25) is 0 Å². The molecule has 0 radical (unpaired) electrons. The van der Waals surface area contributed by atoms with Gasteiger partial charge in [-0.3, -0.25) is 0 Å². The van der Waals surface area contributed by atoms with E-state index in [9.17, 15) is 0 Å². The topological polar surface area (TPSA) is 6.48 Å². The Morgan fingerprint density at radius 3 is 0.810 bits per heavy atom. The number of hydrogen-bond donors (Lipinski definition) is 0. The van der Waals surface area contributed by atoms with Crippen molar-refractivity contribution in [3.8, 4) is 22.3 Å². The zero-order valence-corrected chi connectivity index (χ0v) is 48.5. The third-order valence-corrected chi connectivity index (χ3v) is 19.3. The summed E-state index contributed by atoms with van der Waals surface area (Å²) in [6.45, 7) is 15.3. The zero-order chi connectivity index (χ0) is 56.7. The van der Waals surface area contributed by atoms with Gasteiger partial charge in [0.05, 0.1) is 11.4 Å². The van der Waals surface area contributed by atoms with Crippen LogP contribution in [-0.4, -0.2) is 0 Å². The number of rotatable bonds is 7. The Bertz CT molecular complexity index is 4560. The first-order valence-corrected chi connectivity index (χ1v) is 29.8. The fourth-order valence-corrected chi connectivity index (χ4v) is 16.3. The molecular formula is C82H64N2. The van der Waals surface area contributed by atoms with E-state index >= 15 is 0 Å². The third-order valence-electron chi connectivity index (χ3n) is 19.3. The molecule has 0 saturated heterocycles. The van der Waals surface area contributed by atoms with Crippen molar-refractivity contribution in [1.29, 1.82) is 0 Å². The van der Waals surface area contributed by atoms with E-state index in [0.717, 1.165) is 34.1 Å². The first-order valence-electron chi connectivity index (χ1n) is 29.8. The molecule has 84 heavy (non-hydrogen) atoms. The van der Waals surface area contributed by atoms with Gasteiger partial charge in [0.1, 0.15) is 0 Å². The van der Waals surface area contributed by atoms with Gasteiger partial charge in [-0.15, -0.1) is 0 Å². The van der Waals surface area contributed by atoms with Crippen LogP contribution in [0.3, 0.4) is 0 Å². The third kappa shape index (κ3) is 6.98. The summed E-state index contributed by atoms with van der Waals surface area (Å²) in [6.07, 6.45) is 0. The summed E-state index contributed by atoms with van der Waals surface area (Å²) in [4.78, 5) is 5.13. The fourth-order valence-electron chi connectivity index (χ4n) is 16.3. The average Bonchev–Trinajstić information content (AvgIpc) is 1.45. The van der Waals surface area contributed by atoms with Crippen LogP contribution in [0.5, 0.6) is 0 Å². The largest absolute Gasteiger partial charge is 0.310 e. The zero-order valence-electron chi connectivity index (χ0n) is 48.5. The van der Waals surface area contributed by atoms with Crippen LogP contribution in [0.2, 0.25) is 0 Å². The maximum atomic E-state index is 2.67. The van der Waals surface area contributed by atoms with E-state index in [1.807, 2.05) is 0 Å². The summed E-state index contributed by atoms with van der Waals surface area (Å²) in [5.74, 6) is 0. The average molecular weight is 1080 g/mol. The van der Waals surface area contributed by atoms with Crippen LogP contribution in [-0.2, 0) is 10.8 Å². The molecule has 16 rings (SSSR count). The molecule has 0 saturated carbocycles. The van der Waals surface area contributed by atoms with E-state index in [-0.39, 0.29) is 0 Å². The second-order valence-corrected chi connectivity index (χ2v) is 25.6. The molecule has 0 bridgehead atoms. The summed E-state index contributed by atoms with van der Waals surface area (Å²) < 4.78 is 0. The Morgan fingerprint density at radius 1 is 0.238 bits per heavy atom. The Balaban J connectivity index is 1.07. The summed E-state index contributed by atoms with van der Waals surface area (Å²) in [5, 5.41) is 14.6. The number of anilines is 6. The van der Waals surface area contributed by atoms with E-state index in [2.05, 4.69) is 330 Å². The van der Waals surface area contributed by atoms with Crippen LogP contribution in [0, 0.1) is 10.8 Å². The fraction of sp³-hybridized carbons (Fsp3) is 0.122. The van der Waals surface area contributed by atoms with Crippen LogP contribution < -0.4 is 9.80 Å². The van der Waals surface area contributed by atoms with Crippen molar-refractivity contribution in [2.24, 2.45) is 10.8 Å². The quantitative estimate of drug-likeness (QED) is 0.157. The van der Waals surface area contributed by atoms with Crippen LogP contribution >= 0.6 is 0 Å². The highest BCUT2D eigenvalue weighted by Crippen LogP contribution is 2.76. The lowest BCUT2D eigenvalue weighted by atomic mass is 9.39. The molecule has 0 aliphatic heterocycles. The monoisotopic (exact) mass is 1080 g/mol. The highest BCUT2D eigenvalue weighted by atomic mass is 15.2. The number of benzene rings is 14. The molecule has 14 aromatic carbocycles. The Kier molecular flexibility index (Phi) is 10.9. The Labute approximate surface area is 492 Å². The van der Waals surface area contributed by atoms with Gasteiger partial charge in [-0.1, -0.05) is 260 Å². The highest BCUT2D eigenvalue weighted by Gasteiger charge is 2.71. The molecule has 2 aliphatic rings. The Hall–Kier alpha value is -9.76. The standard InChI is InChI=1S/C82H64N2/c1-79(2,3)81(71-37-21-19-35-69(71)77-67-33-17-15-31-65(67)75(51-73(77)81)83(61-43-39-53-23-7-11-27-57(53)47-61)62-44-40-54-24-8-12-28-58(54)48-62)82(80(4,5)6)72-38-22-20-36-70(72)78-68-34-18-16-32-66(68)76(52-74(78)82)84(63-45-41-55-25-9-13-29-59(55)49-63)64-46-42-56-26-10-14-30-60(56)50-64/h7-52H,1-6H3. The van der Waals surface area contributed by atoms with Crippen molar-refractivity contribution in [2.75, 3.05) is 9.80 Å². The van der Waals surface area contributed by atoms with Crippen LogP contribution in [0.4, 0.5) is 34.1 Å². The summed E-state index contributed by atoms with van der Waals surface area (Å²) in [6, 6.07) is 106. The van der Waals surface area contributed by atoms with E-state index < -0.39 is 21.7 Å². The molecule has 0 heterocycles. The lowest BCUT2D eigenvalue weighted by Crippen LogP contribution is -2.62. The van der Waals surface area contributed by atoms with Gasteiger partial charge in [-0.2, -0.15) is 0 Å². The lowest BCUT2D eigenvalue weighted by Gasteiger charge is -2.62. The normalized spacial score (nSPS) is 16.3. The highest BCUT2D eigenvalue weighted by molar-refractivity contribution is 6.14. The van der Waals surface area contributed by atoms with Gasteiger partial charge in [-0.25, -0.2) is 0 Å². The van der Waals surface area contributed by atoms with Gasteiger partial charge in [0, 0.05) is 44.4 Å². The van der Waals surface area contributed by atoms with Crippen molar-refractivity contribution < 1.29 is 0 Å². The second kappa shape index (κ2) is 18.4. The first-order chi connectivity index (χ1) is 40.9. The SMILES string of the molecule is CC(C)(C)C1(C2(C(C)(C)C)c3ccccc3-c3c2cc(N(c2ccc4ccccc4c2)c2ccc4ccccc4c2)c2ccccc32)c2ccccc2-c2c1cc(N(c1ccc3ccccc3c1)c1ccc3ccccc3c1)c1ccccc21. The predicted molar refractivity (Wildman–Crippen MR) is 359 cm³/mol. The molecular weight excluding hydrogens is 1010 g/mol. The van der Waals surface area contributed by atoms with E-state index in [1.54, 1.807) is 0 Å². The van der Waals surface area contributed by atoms with Crippen molar-refractivity contribution >= 4 is 98.8 Å². The molecule has 2 unspecified atom stereocenters. The smallest absolute Gasteiger partial charge is 0.0543 e. The van der Waals surface area contributed by atoms with E-state index in [0.29, 0.717) is 0 Å². The predicted octanol–water partition coefficient (Wildman–Crippen LogP) is 22.9. The molecule has 0 spiro atoms. The van der Waals surface area contributed by atoms with E-state index in [4.69, 9.17) is 0 Å². The van der Waals surface area contributed by atoms with Crippen molar-refractivity contribution in [3.05, 3.63) is 301 Å². The maximum absolute atomic E-state index is 2.67. The second-order valence-electron chi connectivity index (χ2n) is 25.6. The number of fused-ring (bicyclic) bond motifs is 14. The first kappa shape index (κ1) is 50.0. The molecule has 2 atom stereocenters. The molecule has 0 N–H and O–H groups in total. The number of hydrogen-bond acceptors (Lipinski definition) is 2. The van der Waals surface area contributed by atoms with Crippen molar-refractivity contribution in [2.45, 2.75) is 52.4 Å². The van der Waals surface area contributed by atoms with Gasteiger partial charge in [0.25, 0.3) is 0 Å². The minimum absolute atomic E-state index is 0.422. The minimum Gasteiger partial charge on any atom is -0.310 e. The molecule has 0 aromatic heterocycles. The lowest BCUT2D eigenvalue weighted by molar-refractivity contribution is 0.0595. The summed E-state index contributed by atoms with van der Waals surface area (Å²) >= 11 is 0. The molecule has 402 valence electrons. The molecule has 0 fully saturated rings. The molecule has 14 aromatic rings. The van der Waals surface area contributed by atoms with Crippen LogP contribution in [0.25, 0.3) is 86.9 Å². The van der Waals surface area contributed by atoms with Crippen molar-refractivity contribution in [1.82, 2.24) is 0 Å². The molecule has 2 aliphatic carbocycles. The van der Waals surface area contributed by atoms with E-state index in [1.165, 1.54) is 109 Å². The van der Waals surface area contributed by atoms with Gasteiger partial charge < -0.3 is 9.80 Å². The molecule has 2 heteroatoms. The molecule has 2 nitrogen and oxygen atoms in total. The summed E-state index contributed by atoms with van der Waals surface area (Å²) in [7, 11) is 0. The van der Waals surface area contributed by atoms with Crippen LogP contribution in [0.1, 0.15) is 63.8 Å². The van der Waals surface area contributed by atoms with Crippen molar-refractivity contribution in [3.63, 3.8) is 0 Å². The molecule has 0 amide bonds. The van der Waals surface area contributed by atoms with Gasteiger partial charge in [-0.05, 0) is 170 Å². The minimum atomic E-state index is -0.709. The Morgan fingerprint density at radius 2 is 0.500 bits per heavy atom. The van der Waals surface area contributed by atoms with Gasteiger partial charge in [0.15, 0.2) is 0 Å². The summed E-state index contributed by atoms with van der Waals surface area (Å²) in [5.41, 5.74) is 15.2. The van der Waals surface area contributed by atoms with Gasteiger partial charge >= 0.3 is 0 Å².